The largest absolute Gasteiger partial charge is 0.320 e. The zero-order chi connectivity index (χ0) is 17.4. The lowest BCUT2D eigenvalue weighted by atomic mass is 10.3. The van der Waals surface area contributed by atoms with Gasteiger partial charge in [0.15, 0.2) is 6.20 Å². The van der Waals surface area contributed by atoms with E-state index in [4.69, 9.17) is 5.10 Å². The van der Waals surface area contributed by atoms with Gasteiger partial charge in [-0.15, -0.1) is 0 Å². The van der Waals surface area contributed by atoms with Crippen LogP contribution in [0.1, 0.15) is 0 Å². The smallest absolute Gasteiger partial charge is 0.287 e. The topological polar surface area (TPSA) is 84.0 Å². The Hall–Kier alpha value is -2.91. The number of rotatable bonds is 3. The van der Waals surface area contributed by atoms with Crippen molar-refractivity contribution in [3.8, 4) is 0 Å². The summed E-state index contributed by atoms with van der Waals surface area (Å²) in [5.74, 6) is 1.16. The number of quaternary nitrogens is 1. The Morgan fingerprint density at radius 1 is 1.24 bits per heavy atom. The van der Waals surface area contributed by atoms with Crippen LogP contribution in [0, 0.1) is 0 Å². The van der Waals surface area contributed by atoms with Crippen molar-refractivity contribution in [2.75, 3.05) is 11.6 Å². The van der Waals surface area contributed by atoms with Crippen molar-refractivity contribution in [2.45, 2.75) is 4.90 Å². The highest BCUT2D eigenvalue weighted by molar-refractivity contribution is 7.84. The summed E-state index contributed by atoms with van der Waals surface area (Å²) in [4.78, 5) is 9.48. The number of aromatic nitrogens is 2. The second-order valence-electron chi connectivity index (χ2n) is 5.63. The minimum atomic E-state index is -1.00. The van der Waals surface area contributed by atoms with Crippen molar-refractivity contribution in [1.82, 2.24) is 14.4 Å². The predicted molar refractivity (Wildman–Crippen MR) is 99.9 cm³/mol. The van der Waals surface area contributed by atoms with Crippen molar-refractivity contribution < 1.29 is 4.21 Å². The van der Waals surface area contributed by atoms with Gasteiger partial charge in [0.25, 0.3) is 11.8 Å². The van der Waals surface area contributed by atoms with Crippen LogP contribution in [0.15, 0.2) is 69.0 Å². The number of hydrogen-bond acceptors (Lipinski definition) is 6. The third-order valence-corrected chi connectivity index (χ3v) is 4.84. The van der Waals surface area contributed by atoms with Gasteiger partial charge in [-0.1, -0.05) is 4.59 Å². The van der Waals surface area contributed by atoms with Crippen molar-refractivity contribution in [1.29, 1.82) is 0 Å². The molecule has 0 saturated heterocycles. The first-order valence-electron chi connectivity index (χ1n) is 7.56. The van der Waals surface area contributed by atoms with E-state index in [0.717, 1.165) is 16.3 Å². The molecule has 8 nitrogen and oxygen atoms in total. The van der Waals surface area contributed by atoms with Gasteiger partial charge in [-0.25, -0.2) is 0 Å². The summed E-state index contributed by atoms with van der Waals surface area (Å²) in [7, 11) is 0.859. The van der Waals surface area contributed by atoms with Crippen LogP contribution in [-0.2, 0) is 17.8 Å². The molecule has 0 spiro atoms. The summed E-state index contributed by atoms with van der Waals surface area (Å²) in [5, 5.41) is 12.1. The summed E-state index contributed by atoms with van der Waals surface area (Å²) in [6.07, 6.45) is 10.6. The number of nitrogens with one attached hydrogen (secondary N) is 1. The van der Waals surface area contributed by atoms with Gasteiger partial charge in [-0.3, -0.25) is 13.9 Å². The first-order valence-corrected chi connectivity index (χ1v) is 9.11. The van der Waals surface area contributed by atoms with E-state index in [1.54, 1.807) is 29.5 Å². The fourth-order valence-corrected chi connectivity index (χ4v) is 3.17. The van der Waals surface area contributed by atoms with Crippen molar-refractivity contribution in [2.24, 2.45) is 22.1 Å². The Balaban J connectivity index is 1.67. The second kappa shape index (κ2) is 5.87. The van der Waals surface area contributed by atoms with Crippen LogP contribution in [-0.4, -0.2) is 38.3 Å². The molecule has 2 aromatic rings. The van der Waals surface area contributed by atoms with E-state index in [-0.39, 0.29) is 4.59 Å². The summed E-state index contributed by atoms with van der Waals surface area (Å²) in [6, 6.07) is 7.35. The molecule has 0 fully saturated rings. The van der Waals surface area contributed by atoms with E-state index in [1.807, 2.05) is 43.7 Å². The van der Waals surface area contributed by atoms with Crippen LogP contribution in [0.5, 0.6) is 0 Å². The number of hydrogen-bond donors (Lipinski definition) is 1. The number of anilines is 1. The standard InChI is InChI=1S/C16H16N7OS/c1-22-11-13(9-18-22)23-8-7-17-10-15(23)20-16(21-23)19-12-3-5-14(6-4-12)25(2)24/h3-11H,1-2H3,(H,19,21)/q+1. The van der Waals surface area contributed by atoms with E-state index in [9.17, 15) is 4.21 Å². The predicted octanol–water partition coefficient (Wildman–Crippen LogP) is 1.82. The first kappa shape index (κ1) is 15.6. The zero-order valence-electron chi connectivity index (χ0n) is 13.7. The van der Waals surface area contributed by atoms with E-state index >= 15 is 0 Å². The Kier molecular flexibility index (Phi) is 3.66. The normalized spacial score (nSPS) is 22.3. The van der Waals surface area contributed by atoms with Crippen LogP contribution in [0.3, 0.4) is 0 Å². The van der Waals surface area contributed by atoms with Crippen LogP contribution >= 0.6 is 0 Å². The first-order chi connectivity index (χ1) is 12.1. The van der Waals surface area contributed by atoms with Crippen molar-refractivity contribution >= 4 is 40.2 Å². The quantitative estimate of drug-likeness (QED) is 0.853. The van der Waals surface area contributed by atoms with Crippen LogP contribution in [0.25, 0.3) is 0 Å². The molecule has 2 unspecified atom stereocenters. The van der Waals surface area contributed by atoms with Gasteiger partial charge in [0, 0.05) is 34.7 Å². The Morgan fingerprint density at radius 3 is 2.72 bits per heavy atom. The summed E-state index contributed by atoms with van der Waals surface area (Å²) >= 11 is 0. The lowest BCUT2D eigenvalue weighted by Crippen LogP contribution is -2.44. The van der Waals surface area contributed by atoms with Gasteiger partial charge in [-0.2, -0.15) is 10.1 Å². The highest BCUT2D eigenvalue weighted by atomic mass is 32.2. The molecule has 0 aliphatic carbocycles. The molecule has 2 atom stereocenters. The van der Waals surface area contributed by atoms with Gasteiger partial charge in [-0.05, 0) is 29.4 Å². The molecule has 3 heterocycles. The minimum absolute atomic E-state index is 0.0940. The van der Waals surface area contributed by atoms with E-state index in [1.165, 1.54) is 0 Å². The molecule has 0 amide bonds. The Labute approximate surface area is 146 Å². The average molecular weight is 354 g/mol. The molecule has 0 bridgehead atoms. The fourth-order valence-electron chi connectivity index (χ4n) is 2.65. The molecular weight excluding hydrogens is 338 g/mol. The fraction of sp³-hybridized carbons (Fsp3) is 0.125. The van der Waals surface area contributed by atoms with E-state index in [2.05, 4.69) is 20.4 Å². The number of fused-ring (bicyclic) bond motifs is 1. The molecule has 0 saturated carbocycles. The lowest BCUT2D eigenvalue weighted by molar-refractivity contribution is 0.591. The molecule has 2 aliphatic heterocycles. The van der Waals surface area contributed by atoms with Gasteiger partial charge < -0.3 is 5.32 Å². The van der Waals surface area contributed by atoms with Crippen molar-refractivity contribution in [3.05, 3.63) is 49.1 Å². The maximum atomic E-state index is 11.5. The molecule has 126 valence electrons. The third-order valence-electron chi connectivity index (χ3n) is 3.91. The molecule has 25 heavy (non-hydrogen) atoms. The Bertz CT molecular complexity index is 971. The molecule has 4 rings (SSSR count). The van der Waals surface area contributed by atoms with Gasteiger partial charge in [0.05, 0.1) is 12.4 Å². The van der Waals surface area contributed by atoms with Crippen molar-refractivity contribution in [3.63, 3.8) is 0 Å². The van der Waals surface area contributed by atoms with Gasteiger partial charge >= 0.3 is 0 Å². The maximum Gasteiger partial charge on any atom is 0.287 e. The molecular formula is C16H16N7OS+. The minimum Gasteiger partial charge on any atom is -0.320 e. The number of benzene rings is 1. The average Bonchev–Trinajstić information content (AvgIpc) is 3.19. The number of guanidine groups is 1. The van der Waals surface area contributed by atoms with Gasteiger partial charge in [0.2, 0.25) is 5.69 Å². The Morgan fingerprint density at radius 2 is 2.04 bits per heavy atom. The summed E-state index contributed by atoms with van der Waals surface area (Å²) in [5.41, 5.74) is 1.69. The van der Waals surface area contributed by atoms with Gasteiger partial charge in [0.1, 0.15) is 12.4 Å². The number of aryl methyl sites for hydroxylation is 1. The maximum absolute atomic E-state index is 11.5. The highest BCUT2D eigenvalue weighted by Crippen LogP contribution is 2.30. The molecule has 0 radical (unpaired) electrons. The zero-order valence-corrected chi connectivity index (χ0v) is 14.5. The molecule has 1 aromatic carbocycles. The van der Waals surface area contributed by atoms with Crippen LogP contribution in [0.2, 0.25) is 0 Å². The molecule has 1 N–H and O–H groups in total. The van der Waals surface area contributed by atoms with Crippen LogP contribution in [0.4, 0.5) is 11.4 Å². The number of aliphatic imine (C=N–C) groups is 2. The lowest BCUT2D eigenvalue weighted by Gasteiger charge is -2.21. The number of nitrogens with zero attached hydrogens (tertiary/aromatic N) is 6. The molecule has 1 aromatic heterocycles. The van der Waals surface area contributed by atoms with E-state index in [0.29, 0.717) is 11.8 Å². The third kappa shape index (κ3) is 2.73. The second-order valence-corrected chi connectivity index (χ2v) is 7.01. The monoisotopic (exact) mass is 354 g/mol. The highest BCUT2D eigenvalue weighted by Gasteiger charge is 2.43. The van der Waals surface area contributed by atoms with Crippen LogP contribution < -0.4 is 9.91 Å². The summed E-state index contributed by atoms with van der Waals surface area (Å²) < 4.78 is 13.3. The summed E-state index contributed by atoms with van der Waals surface area (Å²) in [6.45, 7) is 0. The molecule has 2 aliphatic rings. The SMILES string of the molecule is Cn1cc([N+]23C=CN=CC2=NC(Nc2ccc(S(C)=O)cc2)=N3)cn1. The van der Waals surface area contributed by atoms with E-state index < -0.39 is 10.8 Å². The number of amidine groups is 1. The molecule has 9 heteroatoms.